The van der Waals surface area contributed by atoms with E-state index in [0.29, 0.717) is 30.1 Å². The Morgan fingerprint density at radius 2 is 2.00 bits per heavy atom. The molecule has 2 aromatic heterocycles. The van der Waals surface area contributed by atoms with E-state index in [1.165, 1.54) is 4.57 Å². The average molecular weight is 412 g/mol. The summed E-state index contributed by atoms with van der Waals surface area (Å²) in [5.74, 6) is 1.22. The van der Waals surface area contributed by atoms with E-state index in [-0.39, 0.29) is 0 Å². The van der Waals surface area contributed by atoms with E-state index in [1.54, 1.807) is 18.7 Å². The summed E-state index contributed by atoms with van der Waals surface area (Å²) in [5, 5.41) is 4.41. The lowest BCUT2D eigenvalue weighted by Crippen LogP contribution is -2.29. The highest BCUT2D eigenvalue weighted by Gasteiger charge is 2.17. The number of nitrogens with one attached hydrogen (secondary N) is 2. The maximum Gasteiger partial charge on any atom is 0.329 e. The number of aryl methyl sites for hydroxylation is 3. The Hall–Kier alpha value is -3.36. The molecule has 9 heteroatoms. The number of hydrogen-bond donors (Lipinski definition) is 2. The molecule has 0 saturated carbocycles. The highest BCUT2D eigenvalue weighted by molar-refractivity contribution is 5.82. The summed E-state index contributed by atoms with van der Waals surface area (Å²) in [7, 11) is 3.21. The van der Waals surface area contributed by atoms with Gasteiger partial charge in [0.15, 0.2) is 11.2 Å². The van der Waals surface area contributed by atoms with Crippen molar-refractivity contribution in [3.8, 4) is 5.75 Å². The summed E-state index contributed by atoms with van der Waals surface area (Å²) in [6.07, 6.45) is 3.70. The van der Waals surface area contributed by atoms with Gasteiger partial charge >= 0.3 is 5.69 Å². The molecule has 0 radical (unpaired) electrons. The van der Waals surface area contributed by atoms with Gasteiger partial charge in [-0.05, 0) is 43.9 Å². The molecule has 0 aliphatic rings. The van der Waals surface area contributed by atoms with Gasteiger partial charge < -0.3 is 9.30 Å². The van der Waals surface area contributed by atoms with Crippen LogP contribution in [0, 0.1) is 0 Å². The number of fused-ring (bicyclic) bond motifs is 1. The van der Waals surface area contributed by atoms with Gasteiger partial charge in [0.25, 0.3) is 5.56 Å². The van der Waals surface area contributed by atoms with Crippen molar-refractivity contribution < 1.29 is 4.74 Å². The first-order valence-corrected chi connectivity index (χ1v) is 10.1. The number of ether oxygens (including phenoxy) is 1. The third-order valence-corrected chi connectivity index (χ3v) is 5.03. The fraction of sp³-hybridized carbons (Fsp3) is 0.429. The van der Waals surface area contributed by atoms with Crippen molar-refractivity contribution in [2.75, 3.05) is 12.5 Å². The fourth-order valence-electron chi connectivity index (χ4n) is 3.20. The van der Waals surface area contributed by atoms with Crippen molar-refractivity contribution in [1.82, 2.24) is 19.1 Å². The van der Waals surface area contributed by atoms with Crippen LogP contribution < -0.4 is 21.4 Å². The molecule has 2 N–H and O–H groups in total. The number of unbranched alkanes of at least 4 members (excludes halogenated alkanes) is 1. The number of imidazole rings is 1. The highest BCUT2D eigenvalue weighted by Crippen LogP contribution is 2.18. The van der Waals surface area contributed by atoms with E-state index >= 15 is 0 Å². The predicted octanol–water partition coefficient (Wildman–Crippen LogP) is 2.65. The molecule has 30 heavy (non-hydrogen) atoms. The minimum absolute atomic E-state index is 0.322. The Balaban J connectivity index is 1.97. The lowest BCUT2D eigenvalue weighted by atomic mass is 10.1. The number of aromatic amines is 1. The molecule has 0 fully saturated rings. The Labute approximate surface area is 174 Å². The van der Waals surface area contributed by atoms with Crippen molar-refractivity contribution in [1.29, 1.82) is 0 Å². The maximum atomic E-state index is 12.6. The summed E-state index contributed by atoms with van der Waals surface area (Å²) in [6.45, 7) is 4.58. The van der Waals surface area contributed by atoms with E-state index < -0.39 is 11.2 Å². The van der Waals surface area contributed by atoms with Crippen LogP contribution in [0.15, 0.2) is 39.0 Å². The molecule has 0 unspecified atom stereocenters. The first-order valence-electron chi connectivity index (χ1n) is 10.1. The normalized spacial score (nSPS) is 11.8. The average Bonchev–Trinajstić information content (AvgIpc) is 3.12. The quantitative estimate of drug-likeness (QED) is 0.415. The molecule has 3 rings (SSSR count). The van der Waals surface area contributed by atoms with E-state index in [9.17, 15) is 9.59 Å². The van der Waals surface area contributed by atoms with Crippen LogP contribution >= 0.6 is 0 Å². The van der Waals surface area contributed by atoms with Crippen LogP contribution in [0.5, 0.6) is 5.75 Å². The molecule has 0 saturated heterocycles. The summed E-state index contributed by atoms with van der Waals surface area (Å²) in [4.78, 5) is 31.4. The molecule has 0 bridgehead atoms. The second-order valence-corrected chi connectivity index (χ2v) is 7.24. The zero-order chi connectivity index (χ0) is 21.7. The SMILES string of the molecule is CCCC/C(C)=N/Nc1nc2c(c(=O)[nH]c(=O)n2C)n1CCc1ccc(OC)cc1. The van der Waals surface area contributed by atoms with Crippen LogP contribution in [0.25, 0.3) is 11.2 Å². The fourth-order valence-corrected chi connectivity index (χ4v) is 3.20. The molecule has 0 atom stereocenters. The standard InChI is InChI=1S/C21H28N6O3/c1-5-6-7-14(2)24-25-20-22-18-17(19(28)23-21(29)26(18)3)27(20)13-12-15-8-10-16(30-4)11-9-15/h8-11H,5-7,12-13H2,1-4H3,(H,22,25)(H,23,28,29)/b24-14+. The van der Waals surface area contributed by atoms with Gasteiger partial charge in [-0.25, -0.2) is 10.2 Å². The molecule has 1 aromatic carbocycles. The topological polar surface area (TPSA) is 106 Å². The Kier molecular flexibility index (Phi) is 6.71. The zero-order valence-electron chi connectivity index (χ0n) is 17.9. The van der Waals surface area contributed by atoms with Crippen molar-refractivity contribution in [3.63, 3.8) is 0 Å². The minimum Gasteiger partial charge on any atom is -0.497 e. The van der Waals surface area contributed by atoms with Crippen molar-refractivity contribution in [2.24, 2.45) is 12.1 Å². The number of methoxy groups -OCH3 is 1. The highest BCUT2D eigenvalue weighted by atomic mass is 16.5. The summed E-state index contributed by atoms with van der Waals surface area (Å²) < 4.78 is 8.31. The van der Waals surface area contributed by atoms with Gasteiger partial charge in [0, 0.05) is 19.3 Å². The third-order valence-electron chi connectivity index (χ3n) is 5.03. The number of H-pyrrole nitrogens is 1. The Bertz CT molecular complexity index is 1150. The van der Waals surface area contributed by atoms with Gasteiger partial charge in [-0.2, -0.15) is 10.1 Å². The van der Waals surface area contributed by atoms with Crippen LogP contribution in [-0.2, 0) is 20.0 Å². The number of aromatic nitrogens is 4. The van der Waals surface area contributed by atoms with Gasteiger partial charge in [0.05, 0.1) is 7.11 Å². The molecule has 0 aliphatic carbocycles. The number of hydrogen-bond acceptors (Lipinski definition) is 6. The van der Waals surface area contributed by atoms with Crippen LogP contribution in [0.1, 0.15) is 38.7 Å². The molecule has 160 valence electrons. The number of hydrazone groups is 1. The lowest BCUT2D eigenvalue weighted by molar-refractivity contribution is 0.414. The van der Waals surface area contributed by atoms with Gasteiger partial charge in [0.2, 0.25) is 5.95 Å². The number of nitrogens with zero attached hydrogens (tertiary/aromatic N) is 4. The van der Waals surface area contributed by atoms with Crippen molar-refractivity contribution in [2.45, 2.75) is 46.1 Å². The van der Waals surface area contributed by atoms with Crippen LogP contribution in [0.2, 0.25) is 0 Å². The van der Waals surface area contributed by atoms with Gasteiger partial charge in [-0.15, -0.1) is 0 Å². The van der Waals surface area contributed by atoms with E-state index in [4.69, 9.17) is 4.74 Å². The molecule has 2 heterocycles. The molecule has 0 spiro atoms. The van der Waals surface area contributed by atoms with Gasteiger partial charge in [0.1, 0.15) is 5.75 Å². The monoisotopic (exact) mass is 412 g/mol. The number of rotatable bonds is 9. The van der Waals surface area contributed by atoms with E-state index in [1.807, 2.05) is 31.2 Å². The molecular weight excluding hydrogens is 384 g/mol. The second-order valence-electron chi connectivity index (χ2n) is 7.24. The summed E-state index contributed by atoms with van der Waals surface area (Å²) in [5.41, 5.74) is 4.74. The molecule has 0 aliphatic heterocycles. The molecule has 3 aromatic rings. The lowest BCUT2D eigenvalue weighted by Gasteiger charge is -2.09. The summed E-state index contributed by atoms with van der Waals surface area (Å²) in [6, 6.07) is 7.77. The van der Waals surface area contributed by atoms with Crippen molar-refractivity contribution in [3.05, 3.63) is 50.7 Å². The number of anilines is 1. The molecular formula is C21H28N6O3. The minimum atomic E-state index is -0.499. The van der Waals surface area contributed by atoms with Crippen molar-refractivity contribution >= 4 is 22.8 Å². The molecule has 0 amide bonds. The zero-order valence-corrected chi connectivity index (χ0v) is 17.9. The largest absolute Gasteiger partial charge is 0.497 e. The van der Waals surface area contributed by atoms with E-state index in [0.717, 1.165) is 36.3 Å². The van der Waals surface area contributed by atoms with Gasteiger partial charge in [-0.1, -0.05) is 25.5 Å². The van der Waals surface area contributed by atoms with Crippen LogP contribution in [0.4, 0.5) is 5.95 Å². The number of benzene rings is 1. The van der Waals surface area contributed by atoms with Crippen LogP contribution in [0.3, 0.4) is 0 Å². The first kappa shape index (κ1) is 21.4. The van der Waals surface area contributed by atoms with Gasteiger partial charge in [-0.3, -0.25) is 14.3 Å². The smallest absolute Gasteiger partial charge is 0.329 e. The second kappa shape index (κ2) is 9.43. The predicted molar refractivity (Wildman–Crippen MR) is 119 cm³/mol. The Morgan fingerprint density at radius 3 is 2.67 bits per heavy atom. The summed E-state index contributed by atoms with van der Waals surface area (Å²) >= 11 is 0. The molecule has 9 nitrogen and oxygen atoms in total. The van der Waals surface area contributed by atoms with Crippen LogP contribution in [-0.4, -0.2) is 31.9 Å². The third kappa shape index (κ3) is 4.61. The van der Waals surface area contributed by atoms with E-state index in [2.05, 4.69) is 27.4 Å². The first-order chi connectivity index (χ1) is 14.4. The Morgan fingerprint density at radius 1 is 1.27 bits per heavy atom. The maximum absolute atomic E-state index is 12.6.